The summed E-state index contributed by atoms with van der Waals surface area (Å²) in [6, 6.07) is 10.5. The first-order valence-corrected chi connectivity index (χ1v) is 6.55. The number of H-pyrrole nitrogens is 1. The van der Waals surface area contributed by atoms with Gasteiger partial charge in [-0.05, 0) is 38.3 Å². The first kappa shape index (κ1) is 13.4. The Morgan fingerprint density at radius 3 is 2.42 bits per heavy atom. The van der Waals surface area contributed by atoms with Gasteiger partial charge >= 0.3 is 0 Å². The molecular weight excluding hydrogens is 234 g/mol. The van der Waals surface area contributed by atoms with Gasteiger partial charge in [0, 0.05) is 11.3 Å². The van der Waals surface area contributed by atoms with Gasteiger partial charge in [0.05, 0.1) is 17.2 Å². The Balaban J connectivity index is 2.44. The molecule has 0 fully saturated rings. The van der Waals surface area contributed by atoms with Crippen molar-refractivity contribution in [1.29, 1.82) is 5.26 Å². The van der Waals surface area contributed by atoms with Crippen LogP contribution >= 0.6 is 0 Å². The third-order valence-corrected chi connectivity index (χ3v) is 3.53. The number of nitrogens with zero attached hydrogens (tertiary/aromatic N) is 2. The fourth-order valence-electron chi connectivity index (χ4n) is 2.24. The summed E-state index contributed by atoms with van der Waals surface area (Å²) in [4.78, 5) is 0. The lowest BCUT2D eigenvalue weighted by Gasteiger charge is -2.16. The van der Waals surface area contributed by atoms with Crippen LogP contribution in [-0.2, 0) is 11.8 Å². The van der Waals surface area contributed by atoms with Crippen LogP contribution in [0.25, 0.3) is 11.1 Å². The average Bonchev–Trinajstić information content (AvgIpc) is 2.80. The highest BCUT2D eigenvalue weighted by molar-refractivity contribution is 5.69. The Morgan fingerprint density at radius 2 is 1.89 bits per heavy atom. The molecule has 0 unspecified atom stereocenters. The molecule has 0 saturated heterocycles. The van der Waals surface area contributed by atoms with Gasteiger partial charge in [0.15, 0.2) is 0 Å². The molecule has 1 aromatic carbocycles. The maximum atomic E-state index is 9.16. The van der Waals surface area contributed by atoms with Crippen LogP contribution in [0.3, 0.4) is 0 Å². The van der Waals surface area contributed by atoms with E-state index in [-0.39, 0.29) is 0 Å². The molecular formula is C16H19N3. The number of hydrogen-bond acceptors (Lipinski definition) is 2. The summed E-state index contributed by atoms with van der Waals surface area (Å²) in [5.41, 5.74) is 5.11. The van der Waals surface area contributed by atoms with Crippen LogP contribution in [0, 0.1) is 18.3 Å². The first-order chi connectivity index (χ1) is 8.99. The maximum Gasteiger partial charge on any atom is 0.0766 e. The fraction of sp³-hybridized carbons (Fsp3) is 0.375. The molecule has 1 aromatic heterocycles. The molecule has 2 rings (SSSR count). The second-order valence-corrected chi connectivity index (χ2v) is 5.34. The first-order valence-electron chi connectivity index (χ1n) is 6.55. The highest BCUT2D eigenvalue weighted by Gasteiger charge is 2.20. The second kappa shape index (κ2) is 4.89. The van der Waals surface area contributed by atoms with E-state index in [9.17, 15) is 0 Å². The number of hydrogen-bond donors (Lipinski definition) is 1. The number of nitrogens with one attached hydrogen (secondary N) is 1. The van der Waals surface area contributed by atoms with Crippen molar-refractivity contribution in [3.8, 4) is 17.2 Å². The van der Waals surface area contributed by atoms with E-state index >= 15 is 0 Å². The van der Waals surface area contributed by atoms with E-state index in [0.717, 1.165) is 28.9 Å². The Hall–Kier alpha value is -2.08. The van der Waals surface area contributed by atoms with Crippen LogP contribution in [0.1, 0.15) is 37.7 Å². The molecule has 0 saturated carbocycles. The van der Waals surface area contributed by atoms with Gasteiger partial charge in [-0.25, -0.2) is 0 Å². The van der Waals surface area contributed by atoms with Crippen LogP contribution in [0.2, 0.25) is 0 Å². The second-order valence-electron chi connectivity index (χ2n) is 5.34. The van der Waals surface area contributed by atoms with Crippen molar-refractivity contribution in [1.82, 2.24) is 10.2 Å². The van der Waals surface area contributed by atoms with Gasteiger partial charge in [-0.2, -0.15) is 10.4 Å². The number of aryl methyl sites for hydroxylation is 2. The summed E-state index contributed by atoms with van der Waals surface area (Å²) in [5.74, 6) is 0. The van der Waals surface area contributed by atoms with E-state index in [1.54, 1.807) is 0 Å². The van der Waals surface area contributed by atoms with E-state index < -0.39 is 5.41 Å². The summed E-state index contributed by atoms with van der Waals surface area (Å²) in [6.07, 6.45) is 0.908. The Morgan fingerprint density at radius 1 is 1.26 bits per heavy atom. The highest BCUT2D eigenvalue weighted by Crippen LogP contribution is 2.29. The van der Waals surface area contributed by atoms with Crippen LogP contribution in [-0.4, -0.2) is 10.2 Å². The van der Waals surface area contributed by atoms with Crippen LogP contribution in [0.15, 0.2) is 24.3 Å². The predicted octanol–water partition coefficient (Wildman–Crippen LogP) is 3.75. The predicted molar refractivity (Wildman–Crippen MR) is 76.8 cm³/mol. The lowest BCUT2D eigenvalue weighted by Crippen LogP contribution is -2.13. The minimum Gasteiger partial charge on any atom is -0.282 e. The third kappa shape index (κ3) is 2.39. The van der Waals surface area contributed by atoms with Crippen molar-refractivity contribution >= 4 is 0 Å². The number of rotatable bonds is 3. The minimum atomic E-state index is -0.447. The summed E-state index contributed by atoms with van der Waals surface area (Å²) in [5, 5.41) is 16.5. The molecule has 0 radical (unpaired) electrons. The summed E-state index contributed by atoms with van der Waals surface area (Å²) in [7, 11) is 0. The molecule has 19 heavy (non-hydrogen) atoms. The molecule has 0 amide bonds. The summed E-state index contributed by atoms with van der Waals surface area (Å²) < 4.78 is 0. The minimum absolute atomic E-state index is 0.447. The van der Waals surface area contributed by atoms with Gasteiger partial charge < -0.3 is 0 Å². The highest BCUT2D eigenvalue weighted by atomic mass is 15.1. The normalized spacial score (nSPS) is 11.3. The third-order valence-electron chi connectivity index (χ3n) is 3.53. The van der Waals surface area contributed by atoms with Crippen molar-refractivity contribution in [2.45, 2.75) is 39.5 Å². The smallest absolute Gasteiger partial charge is 0.0766 e. The van der Waals surface area contributed by atoms with Crippen LogP contribution in [0.5, 0.6) is 0 Å². The van der Waals surface area contributed by atoms with Crippen molar-refractivity contribution in [3.05, 3.63) is 41.2 Å². The molecule has 3 heteroatoms. The van der Waals surface area contributed by atoms with Crippen LogP contribution in [0.4, 0.5) is 0 Å². The van der Waals surface area contributed by atoms with Gasteiger partial charge in [0.25, 0.3) is 0 Å². The fourth-order valence-corrected chi connectivity index (χ4v) is 2.24. The zero-order valence-electron chi connectivity index (χ0n) is 11.9. The Labute approximate surface area is 114 Å². The standard InChI is InChI=1S/C16H19N3/c1-5-14-15(11(2)18-19-14)12-6-8-13(9-7-12)16(3,4)10-17/h6-9H,5H2,1-4H3,(H,18,19). The van der Waals surface area contributed by atoms with Crippen molar-refractivity contribution < 1.29 is 0 Å². The molecule has 0 spiro atoms. The maximum absolute atomic E-state index is 9.16. The number of benzene rings is 1. The van der Waals surface area contributed by atoms with E-state index in [0.29, 0.717) is 0 Å². The van der Waals surface area contributed by atoms with Gasteiger partial charge in [-0.3, -0.25) is 5.10 Å². The lowest BCUT2D eigenvalue weighted by atomic mass is 9.85. The van der Waals surface area contributed by atoms with E-state index in [4.69, 9.17) is 5.26 Å². The Kier molecular flexibility index (Phi) is 3.44. The van der Waals surface area contributed by atoms with E-state index in [1.165, 1.54) is 5.56 Å². The van der Waals surface area contributed by atoms with Crippen LogP contribution < -0.4 is 0 Å². The molecule has 1 N–H and O–H groups in total. The molecule has 0 atom stereocenters. The molecule has 0 aliphatic carbocycles. The van der Waals surface area contributed by atoms with Gasteiger partial charge in [-0.1, -0.05) is 31.2 Å². The zero-order valence-corrected chi connectivity index (χ0v) is 11.9. The average molecular weight is 253 g/mol. The molecule has 0 aliphatic rings. The van der Waals surface area contributed by atoms with E-state index in [1.807, 2.05) is 32.9 Å². The summed E-state index contributed by atoms with van der Waals surface area (Å²) >= 11 is 0. The quantitative estimate of drug-likeness (QED) is 0.905. The lowest BCUT2D eigenvalue weighted by molar-refractivity contribution is 0.687. The molecule has 2 aromatic rings. The topological polar surface area (TPSA) is 52.5 Å². The van der Waals surface area contributed by atoms with Crippen molar-refractivity contribution in [3.63, 3.8) is 0 Å². The number of aromatic amines is 1. The summed E-state index contributed by atoms with van der Waals surface area (Å²) in [6.45, 7) is 8.01. The SMILES string of the molecule is CCc1n[nH]c(C)c1-c1ccc(C(C)(C)C#N)cc1. The molecule has 0 aliphatic heterocycles. The van der Waals surface area contributed by atoms with Gasteiger partial charge in [0.1, 0.15) is 0 Å². The van der Waals surface area contributed by atoms with Crippen molar-refractivity contribution in [2.24, 2.45) is 0 Å². The van der Waals surface area contributed by atoms with Gasteiger partial charge in [-0.15, -0.1) is 0 Å². The molecule has 0 bridgehead atoms. The number of nitriles is 1. The molecule has 3 nitrogen and oxygen atoms in total. The molecule has 98 valence electrons. The Bertz CT molecular complexity index is 612. The van der Waals surface area contributed by atoms with E-state index in [2.05, 4.69) is 35.3 Å². The zero-order chi connectivity index (χ0) is 14.0. The monoisotopic (exact) mass is 253 g/mol. The number of aromatic nitrogens is 2. The largest absolute Gasteiger partial charge is 0.282 e. The van der Waals surface area contributed by atoms with Gasteiger partial charge in [0.2, 0.25) is 0 Å². The van der Waals surface area contributed by atoms with Crippen molar-refractivity contribution in [2.75, 3.05) is 0 Å². The molecule has 1 heterocycles.